The normalized spacial score (nSPS) is 14.6. The summed E-state index contributed by atoms with van der Waals surface area (Å²) in [5.41, 5.74) is 15.6. The molecule has 0 heterocycles. The first-order valence-corrected chi connectivity index (χ1v) is 18.4. The highest BCUT2D eigenvalue weighted by Crippen LogP contribution is 2.55. The van der Waals surface area contributed by atoms with E-state index in [1.165, 1.54) is 50.5 Å². The number of hydrogen-bond donors (Lipinski definition) is 0. The summed E-state index contributed by atoms with van der Waals surface area (Å²) in [4.78, 5) is 4.70. The van der Waals surface area contributed by atoms with Crippen LogP contribution in [0, 0.1) is 0 Å². The molecule has 0 radical (unpaired) electrons. The van der Waals surface area contributed by atoms with Crippen LogP contribution in [0.25, 0.3) is 11.6 Å². The second kappa shape index (κ2) is 14.2. The molecule has 0 spiro atoms. The van der Waals surface area contributed by atoms with E-state index in [4.69, 9.17) is 0 Å². The number of rotatable bonds is 10. The summed E-state index contributed by atoms with van der Waals surface area (Å²) in [7, 11) is 0. The quantitative estimate of drug-likeness (QED) is 0.144. The topological polar surface area (TPSA) is 6.48 Å². The number of fused-ring (bicyclic) bond motifs is 2. The third-order valence-electron chi connectivity index (χ3n) is 10.8. The third kappa shape index (κ3) is 6.12. The molecule has 0 N–H and O–H groups in total. The Morgan fingerprint density at radius 1 is 0.490 bits per heavy atom. The summed E-state index contributed by atoms with van der Waals surface area (Å²) >= 11 is 0. The van der Waals surface area contributed by atoms with Crippen LogP contribution < -0.4 is 9.80 Å². The van der Waals surface area contributed by atoms with Crippen molar-refractivity contribution in [3.8, 4) is 0 Å². The van der Waals surface area contributed by atoms with E-state index in [-0.39, 0.29) is 5.41 Å². The lowest BCUT2D eigenvalue weighted by Crippen LogP contribution is -2.25. The molecule has 51 heavy (non-hydrogen) atoms. The van der Waals surface area contributed by atoms with Crippen molar-refractivity contribution in [2.75, 3.05) is 9.80 Å². The minimum atomic E-state index is -0.000778. The van der Waals surface area contributed by atoms with Gasteiger partial charge in [0.15, 0.2) is 0 Å². The van der Waals surface area contributed by atoms with Gasteiger partial charge in [0, 0.05) is 39.5 Å². The van der Waals surface area contributed by atoms with Gasteiger partial charge in [-0.05, 0) is 132 Å². The fourth-order valence-electron chi connectivity index (χ4n) is 8.21. The average Bonchev–Trinajstić information content (AvgIpc) is 3.48. The summed E-state index contributed by atoms with van der Waals surface area (Å²) in [6.07, 6.45) is 11.4. The lowest BCUT2D eigenvalue weighted by atomic mass is 9.71. The second-order valence-corrected chi connectivity index (χ2v) is 13.6. The Labute approximate surface area is 303 Å². The molecule has 0 amide bonds. The molecule has 2 heteroatoms. The van der Waals surface area contributed by atoms with E-state index in [9.17, 15) is 0 Å². The zero-order valence-electron chi connectivity index (χ0n) is 29.5. The van der Waals surface area contributed by atoms with Gasteiger partial charge in [-0.2, -0.15) is 0 Å². The van der Waals surface area contributed by atoms with Gasteiger partial charge in [-0.1, -0.05) is 123 Å². The van der Waals surface area contributed by atoms with Crippen molar-refractivity contribution in [1.82, 2.24) is 0 Å². The van der Waals surface area contributed by atoms with Crippen LogP contribution in [0.2, 0.25) is 0 Å². The molecule has 2 aliphatic carbocycles. The molecule has 0 saturated heterocycles. The van der Waals surface area contributed by atoms with Gasteiger partial charge >= 0.3 is 0 Å². The molecular weight excluding hydrogens is 617 g/mol. The lowest BCUT2D eigenvalue weighted by Gasteiger charge is -2.33. The Morgan fingerprint density at radius 3 is 1.43 bits per heavy atom. The Kier molecular flexibility index (Phi) is 8.99. The van der Waals surface area contributed by atoms with Crippen LogP contribution >= 0.6 is 0 Å². The zero-order chi connectivity index (χ0) is 34.6. The van der Waals surface area contributed by atoms with E-state index < -0.39 is 0 Å². The summed E-state index contributed by atoms with van der Waals surface area (Å²) in [5.74, 6) is 0. The van der Waals surface area contributed by atoms with Crippen LogP contribution in [0.1, 0.15) is 56.2 Å². The number of benzene rings is 6. The summed E-state index contributed by atoms with van der Waals surface area (Å²) in [5, 5.41) is 0. The Bertz CT molecular complexity index is 2110. The van der Waals surface area contributed by atoms with Crippen molar-refractivity contribution >= 4 is 45.8 Å². The number of anilines is 6. The highest BCUT2D eigenvalue weighted by atomic mass is 15.1. The largest absolute Gasteiger partial charge is 0.311 e. The second-order valence-electron chi connectivity index (χ2n) is 13.6. The van der Waals surface area contributed by atoms with E-state index in [2.05, 4.69) is 206 Å². The standard InChI is InChI=1S/C49H44N2/c1-3-49(4-2)47-35-38(26-25-37-27-30-43(31-28-37)50(39-17-9-5-10-18-39)40-19-11-6-12-20-40)29-33-45(47)46-34-32-44(36-48(46)49)51(41-21-13-7-14-22-41)42-23-15-8-16-24-42/h5-28,30-32,34-36H,3-4,29,33H2,1-2H3/b26-25+. The van der Waals surface area contributed by atoms with E-state index in [1.807, 2.05) is 0 Å². The van der Waals surface area contributed by atoms with Crippen LogP contribution in [0.4, 0.5) is 34.1 Å². The predicted molar refractivity (Wildman–Crippen MR) is 218 cm³/mol. The molecule has 0 aromatic heterocycles. The van der Waals surface area contributed by atoms with Crippen molar-refractivity contribution in [2.45, 2.75) is 44.9 Å². The maximum absolute atomic E-state index is 2.52. The molecule has 0 bridgehead atoms. The molecule has 6 aromatic rings. The maximum atomic E-state index is 2.52. The van der Waals surface area contributed by atoms with Gasteiger partial charge in [0.2, 0.25) is 0 Å². The molecule has 8 rings (SSSR count). The minimum absolute atomic E-state index is 0.000778. The Balaban J connectivity index is 1.09. The number of hydrogen-bond acceptors (Lipinski definition) is 2. The van der Waals surface area contributed by atoms with Crippen LogP contribution in [0.5, 0.6) is 0 Å². The summed E-state index contributed by atoms with van der Waals surface area (Å²) in [6, 6.07) is 58.8. The predicted octanol–water partition coefficient (Wildman–Crippen LogP) is 13.9. The molecule has 250 valence electrons. The molecule has 0 aliphatic heterocycles. The van der Waals surface area contributed by atoms with Crippen molar-refractivity contribution in [2.24, 2.45) is 0 Å². The van der Waals surface area contributed by atoms with Gasteiger partial charge < -0.3 is 9.80 Å². The first kappa shape index (κ1) is 32.4. The van der Waals surface area contributed by atoms with Crippen LogP contribution in [-0.4, -0.2) is 0 Å². The lowest BCUT2D eigenvalue weighted by molar-refractivity contribution is 0.485. The smallest absolute Gasteiger partial charge is 0.0465 e. The van der Waals surface area contributed by atoms with E-state index in [0.717, 1.165) is 42.7 Å². The average molecular weight is 661 g/mol. The van der Waals surface area contributed by atoms with Crippen molar-refractivity contribution < 1.29 is 0 Å². The van der Waals surface area contributed by atoms with Crippen molar-refractivity contribution in [3.05, 3.63) is 204 Å². The molecule has 0 fully saturated rings. The van der Waals surface area contributed by atoms with Crippen LogP contribution in [0.3, 0.4) is 0 Å². The van der Waals surface area contributed by atoms with Gasteiger partial charge in [0.05, 0.1) is 0 Å². The van der Waals surface area contributed by atoms with E-state index in [0.29, 0.717) is 0 Å². The first-order valence-electron chi connectivity index (χ1n) is 18.4. The molecular formula is C49H44N2. The highest BCUT2D eigenvalue weighted by Gasteiger charge is 2.42. The Morgan fingerprint density at radius 2 is 0.941 bits per heavy atom. The van der Waals surface area contributed by atoms with Gasteiger partial charge in [0.1, 0.15) is 0 Å². The SMILES string of the molecule is CCC1(CC)C2=C(CCC(/C=C/c3ccc(N(c4ccccc4)c4ccccc4)cc3)=C2)c2ccc(N(c3ccccc3)c3ccccc3)cc21. The fourth-order valence-corrected chi connectivity index (χ4v) is 8.21. The van der Waals surface area contributed by atoms with Gasteiger partial charge in [0.25, 0.3) is 0 Å². The number of allylic oxidation sites excluding steroid dienone is 5. The van der Waals surface area contributed by atoms with Gasteiger partial charge in [-0.15, -0.1) is 0 Å². The highest BCUT2D eigenvalue weighted by molar-refractivity contribution is 5.87. The van der Waals surface area contributed by atoms with Gasteiger partial charge in [-0.3, -0.25) is 0 Å². The maximum Gasteiger partial charge on any atom is 0.0465 e. The minimum Gasteiger partial charge on any atom is -0.311 e. The van der Waals surface area contributed by atoms with Crippen molar-refractivity contribution in [1.29, 1.82) is 0 Å². The van der Waals surface area contributed by atoms with Crippen LogP contribution in [0.15, 0.2) is 187 Å². The third-order valence-corrected chi connectivity index (χ3v) is 10.8. The fraction of sp³-hybridized carbons (Fsp3) is 0.143. The monoisotopic (exact) mass is 660 g/mol. The zero-order valence-corrected chi connectivity index (χ0v) is 29.5. The molecule has 6 aromatic carbocycles. The number of nitrogens with zero attached hydrogens (tertiary/aromatic N) is 2. The van der Waals surface area contributed by atoms with Crippen molar-refractivity contribution in [3.63, 3.8) is 0 Å². The van der Waals surface area contributed by atoms with Crippen LogP contribution in [-0.2, 0) is 5.41 Å². The van der Waals surface area contributed by atoms with E-state index in [1.54, 1.807) is 0 Å². The first-order chi connectivity index (χ1) is 25.2. The molecule has 0 saturated carbocycles. The molecule has 2 nitrogen and oxygen atoms in total. The molecule has 0 atom stereocenters. The molecule has 0 unspecified atom stereocenters. The summed E-state index contributed by atoms with van der Waals surface area (Å²) in [6.45, 7) is 4.74. The van der Waals surface area contributed by atoms with E-state index >= 15 is 0 Å². The number of para-hydroxylation sites is 4. The molecule has 2 aliphatic rings. The Hall–Kier alpha value is -5.86. The summed E-state index contributed by atoms with van der Waals surface area (Å²) < 4.78 is 0. The van der Waals surface area contributed by atoms with Gasteiger partial charge in [-0.25, -0.2) is 0 Å².